The van der Waals surface area contributed by atoms with Crippen molar-refractivity contribution in [1.29, 1.82) is 0 Å². The maximum atomic E-state index is 13.4. The van der Waals surface area contributed by atoms with E-state index in [-0.39, 0.29) is 23.5 Å². The van der Waals surface area contributed by atoms with Gasteiger partial charge >= 0.3 is 0 Å². The molecular formula is C32H39N5O2. The number of benzene rings is 1. The molecule has 1 unspecified atom stereocenters. The second-order valence-electron chi connectivity index (χ2n) is 11.2. The lowest BCUT2D eigenvalue weighted by molar-refractivity contribution is -0.121. The predicted octanol–water partition coefficient (Wildman–Crippen LogP) is 5.88. The van der Waals surface area contributed by atoms with E-state index in [0.29, 0.717) is 24.6 Å². The number of rotatable bonds is 12. The minimum absolute atomic E-state index is 0.172. The lowest BCUT2D eigenvalue weighted by Gasteiger charge is -2.21. The molecule has 39 heavy (non-hydrogen) atoms. The summed E-state index contributed by atoms with van der Waals surface area (Å²) in [6.07, 6.45) is 11.3. The molecule has 0 spiro atoms. The van der Waals surface area contributed by atoms with Crippen LogP contribution in [0, 0.1) is 5.92 Å². The summed E-state index contributed by atoms with van der Waals surface area (Å²) in [5, 5.41) is 10.4. The molecule has 1 atom stereocenters. The Morgan fingerprint density at radius 3 is 2.64 bits per heavy atom. The Bertz CT molecular complexity index is 1300. The van der Waals surface area contributed by atoms with Gasteiger partial charge in [0.05, 0.1) is 5.69 Å². The van der Waals surface area contributed by atoms with Gasteiger partial charge in [-0.2, -0.15) is 5.10 Å². The number of carbonyl (C=O) groups is 2. The van der Waals surface area contributed by atoms with Crippen LogP contribution in [0.5, 0.6) is 0 Å². The number of likely N-dealkylation sites (tertiary alicyclic amines) is 1. The highest BCUT2D eigenvalue weighted by Gasteiger charge is 2.27. The van der Waals surface area contributed by atoms with E-state index in [0.717, 1.165) is 47.7 Å². The molecule has 1 saturated heterocycles. The van der Waals surface area contributed by atoms with Crippen molar-refractivity contribution in [3.8, 4) is 11.1 Å². The maximum Gasteiger partial charge on any atom is 0.249 e. The molecule has 0 radical (unpaired) electrons. The number of aromatic amines is 1. The highest BCUT2D eigenvalue weighted by molar-refractivity contribution is 5.98. The van der Waals surface area contributed by atoms with Crippen molar-refractivity contribution in [2.45, 2.75) is 64.2 Å². The Hall–Kier alpha value is -3.58. The Morgan fingerprint density at radius 1 is 1.10 bits per heavy atom. The number of hydrogen-bond acceptors (Lipinski definition) is 5. The van der Waals surface area contributed by atoms with Crippen molar-refractivity contribution in [2.24, 2.45) is 5.92 Å². The number of aryl methyl sites for hydroxylation is 1. The number of nitrogens with one attached hydrogen (secondary N) is 2. The van der Waals surface area contributed by atoms with Crippen LogP contribution in [0.2, 0.25) is 0 Å². The summed E-state index contributed by atoms with van der Waals surface area (Å²) >= 11 is 0. The number of carbonyl (C=O) groups excluding carboxylic acids is 2. The van der Waals surface area contributed by atoms with E-state index in [1.165, 1.54) is 25.7 Å². The third kappa shape index (κ3) is 7.30. The average molecular weight is 526 g/mol. The van der Waals surface area contributed by atoms with Gasteiger partial charge in [0.15, 0.2) is 0 Å². The topological polar surface area (TPSA) is 91.0 Å². The SMILES string of the molecule is CC(C)C(C(=O)CCc1cc(C2CC2)n[nH]1)c1cccc(-c2ccc(NC(=O)/C=C/CN3CCCC3)nc2)c1. The number of nitrogens with zero attached hydrogens (tertiary/aromatic N) is 3. The predicted molar refractivity (Wildman–Crippen MR) is 155 cm³/mol. The highest BCUT2D eigenvalue weighted by Crippen LogP contribution is 2.39. The van der Waals surface area contributed by atoms with Crippen molar-refractivity contribution >= 4 is 17.5 Å². The summed E-state index contributed by atoms with van der Waals surface area (Å²) in [5.41, 5.74) is 5.15. The summed E-state index contributed by atoms with van der Waals surface area (Å²) in [6, 6.07) is 14.1. The first kappa shape index (κ1) is 27.0. The zero-order valence-electron chi connectivity index (χ0n) is 23.0. The summed E-state index contributed by atoms with van der Waals surface area (Å²) in [7, 11) is 0. The molecule has 2 aliphatic rings. The number of ketones is 1. The quantitative estimate of drug-likeness (QED) is 0.288. The molecule has 2 N–H and O–H groups in total. The first-order valence-corrected chi connectivity index (χ1v) is 14.3. The van der Waals surface area contributed by atoms with Crippen LogP contribution in [-0.4, -0.2) is 51.4 Å². The number of Topliss-reactive ketones (excluding diaryl/α,β-unsaturated/α-hetero) is 1. The van der Waals surface area contributed by atoms with Gasteiger partial charge in [-0.05, 0) is 80.4 Å². The van der Waals surface area contributed by atoms with Gasteiger partial charge in [-0.15, -0.1) is 0 Å². The molecule has 0 bridgehead atoms. The molecule has 2 fully saturated rings. The number of pyridine rings is 1. The lowest BCUT2D eigenvalue weighted by Crippen LogP contribution is -2.19. The summed E-state index contributed by atoms with van der Waals surface area (Å²) in [5.74, 6) is 1.22. The van der Waals surface area contributed by atoms with Gasteiger partial charge in [-0.1, -0.05) is 44.2 Å². The van der Waals surface area contributed by atoms with Crippen LogP contribution >= 0.6 is 0 Å². The standard InChI is InChI=1S/C32H39N5O2/c1-22(2)32(29(38)14-13-27-20-28(36-35-27)23-10-11-23)25-8-5-7-24(19-25)26-12-15-30(33-21-26)34-31(39)9-6-18-37-16-3-4-17-37/h5-9,12,15,19-23,32H,3-4,10-11,13-14,16-18H2,1-2H3,(H,35,36)(H,33,34,39)/b9-6+. The molecule has 5 rings (SSSR count). The van der Waals surface area contributed by atoms with E-state index in [1.54, 1.807) is 12.3 Å². The fourth-order valence-corrected chi connectivity index (χ4v) is 5.44. The van der Waals surface area contributed by atoms with Crippen molar-refractivity contribution < 1.29 is 9.59 Å². The minimum atomic E-state index is -0.173. The molecule has 2 aromatic heterocycles. The molecule has 1 aliphatic heterocycles. The molecule has 3 heterocycles. The normalized spacial score (nSPS) is 16.7. The number of hydrogen-bond donors (Lipinski definition) is 2. The summed E-state index contributed by atoms with van der Waals surface area (Å²) in [4.78, 5) is 32.4. The monoisotopic (exact) mass is 525 g/mol. The third-order valence-corrected chi connectivity index (χ3v) is 7.73. The smallest absolute Gasteiger partial charge is 0.249 e. The fourth-order valence-electron chi connectivity index (χ4n) is 5.44. The Kier molecular flexibility index (Phi) is 8.67. The van der Waals surface area contributed by atoms with Crippen LogP contribution < -0.4 is 5.32 Å². The second kappa shape index (κ2) is 12.5. The van der Waals surface area contributed by atoms with E-state index in [1.807, 2.05) is 36.4 Å². The molecule has 3 aromatic rings. The fraction of sp³-hybridized carbons (Fsp3) is 0.438. The molecule has 1 amide bonds. The van der Waals surface area contributed by atoms with E-state index in [2.05, 4.69) is 51.4 Å². The Balaban J connectivity index is 1.19. The average Bonchev–Trinajstić information content (AvgIpc) is 3.43. The van der Waals surface area contributed by atoms with E-state index in [4.69, 9.17) is 0 Å². The minimum Gasteiger partial charge on any atom is -0.307 e. The van der Waals surface area contributed by atoms with Gasteiger partial charge in [-0.3, -0.25) is 19.6 Å². The van der Waals surface area contributed by atoms with Gasteiger partial charge < -0.3 is 5.32 Å². The zero-order valence-corrected chi connectivity index (χ0v) is 23.0. The lowest BCUT2D eigenvalue weighted by atomic mass is 9.82. The van der Waals surface area contributed by atoms with E-state index in [9.17, 15) is 9.59 Å². The van der Waals surface area contributed by atoms with Crippen LogP contribution in [0.15, 0.2) is 60.8 Å². The van der Waals surface area contributed by atoms with Gasteiger partial charge in [0, 0.05) is 48.3 Å². The Morgan fingerprint density at radius 2 is 1.92 bits per heavy atom. The molecule has 7 nitrogen and oxygen atoms in total. The summed E-state index contributed by atoms with van der Waals surface area (Å²) < 4.78 is 0. The second-order valence-corrected chi connectivity index (χ2v) is 11.2. The molecule has 1 aromatic carbocycles. The highest BCUT2D eigenvalue weighted by atomic mass is 16.1. The van der Waals surface area contributed by atoms with Crippen LogP contribution in [0.4, 0.5) is 5.82 Å². The molecule has 204 valence electrons. The van der Waals surface area contributed by atoms with Gasteiger partial charge in [-0.25, -0.2) is 4.98 Å². The Labute approximate surface area is 231 Å². The van der Waals surface area contributed by atoms with Crippen molar-refractivity contribution in [3.63, 3.8) is 0 Å². The number of amides is 1. The molecular weight excluding hydrogens is 486 g/mol. The van der Waals surface area contributed by atoms with Gasteiger partial charge in [0.2, 0.25) is 5.91 Å². The van der Waals surface area contributed by atoms with Crippen LogP contribution in [0.3, 0.4) is 0 Å². The summed E-state index contributed by atoms with van der Waals surface area (Å²) in [6.45, 7) is 7.23. The number of H-pyrrole nitrogens is 1. The molecule has 1 saturated carbocycles. The third-order valence-electron chi connectivity index (χ3n) is 7.73. The first-order chi connectivity index (χ1) is 19.0. The van der Waals surface area contributed by atoms with Crippen molar-refractivity contribution in [3.05, 3.63) is 77.8 Å². The zero-order chi connectivity index (χ0) is 27.2. The van der Waals surface area contributed by atoms with Crippen molar-refractivity contribution in [1.82, 2.24) is 20.1 Å². The van der Waals surface area contributed by atoms with E-state index < -0.39 is 0 Å². The van der Waals surface area contributed by atoms with Gasteiger partial charge in [0.1, 0.15) is 11.6 Å². The van der Waals surface area contributed by atoms with E-state index >= 15 is 0 Å². The maximum absolute atomic E-state index is 13.4. The van der Waals surface area contributed by atoms with Gasteiger partial charge in [0.25, 0.3) is 0 Å². The van der Waals surface area contributed by atoms with Crippen LogP contribution in [-0.2, 0) is 16.0 Å². The van der Waals surface area contributed by atoms with Crippen LogP contribution in [0.1, 0.15) is 74.7 Å². The first-order valence-electron chi connectivity index (χ1n) is 14.3. The molecule has 1 aliphatic carbocycles. The molecule has 7 heteroatoms. The van der Waals surface area contributed by atoms with Crippen LogP contribution in [0.25, 0.3) is 11.1 Å². The number of aromatic nitrogens is 3. The number of anilines is 1. The largest absolute Gasteiger partial charge is 0.307 e. The van der Waals surface area contributed by atoms with Crippen molar-refractivity contribution in [2.75, 3.05) is 25.0 Å².